The first kappa shape index (κ1) is 15.6. The molecule has 1 aromatic carbocycles. The molecule has 1 aromatic heterocycles. The quantitative estimate of drug-likeness (QED) is 0.915. The Balaban J connectivity index is 1.88. The first-order chi connectivity index (χ1) is 9.97. The predicted molar refractivity (Wildman–Crippen MR) is 82.3 cm³/mol. The van der Waals surface area contributed by atoms with Crippen LogP contribution in [0, 0.1) is 13.8 Å². The molecule has 1 heterocycles. The zero-order chi connectivity index (χ0) is 15.4. The van der Waals surface area contributed by atoms with Crippen molar-refractivity contribution in [3.63, 3.8) is 0 Å². The van der Waals surface area contributed by atoms with E-state index in [0.717, 1.165) is 22.6 Å². The molecule has 1 unspecified atom stereocenters. The van der Waals surface area contributed by atoms with Crippen LogP contribution in [0.15, 0.2) is 28.8 Å². The topological polar surface area (TPSA) is 55.1 Å². The third-order valence-corrected chi connectivity index (χ3v) is 3.78. The third kappa shape index (κ3) is 4.08. The second kappa shape index (κ2) is 6.76. The molecule has 0 aliphatic carbocycles. The van der Waals surface area contributed by atoms with Crippen molar-refractivity contribution in [2.45, 2.75) is 39.7 Å². The second-order valence-electron chi connectivity index (χ2n) is 5.14. The lowest BCUT2D eigenvalue weighted by Gasteiger charge is -2.14. The monoisotopic (exact) mass is 306 g/mol. The molecule has 0 saturated heterocycles. The van der Waals surface area contributed by atoms with E-state index in [1.54, 1.807) is 0 Å². The molecule has 0 aliphatic rings. The van der Waals surface area contributed by atoms with Crippen molar-refractivity contribution in [1.82, 2.24) is 10.5 Å². The van der Waals surface area contributed by atoms with Gasteiger partial charge in [0.1, 0.15) is 5.76 Å². The van der Waals surface area contributed by atoms with Crippen LogP contribution in [0.4, 0.5) is 0 Å². The van der Waals surface area contributed by atoms with E-state index in [9.17, 15) is 4.79 Å². The van der Waals surface area contributed by atoms with E-state index in [0.29, 0.717) is 17.9 Å². The molecule has 0 radical (unpaired) electrons. The Kier molecular flexibility index (Phi) is 5.02. The molecule has 0 bridgehead atoms. The number of aryl methyl sites for hydroxylation is 2. The Hall–Kier alpha value is -1.81. The number of hydrogen-bond donors (Lipinski definition) is 1. The summed E-state index contributed by atoms with van der Waals surface area (Å²) in [6.45, 7) is 5.71. The van der Waals surface area contributed by atoms with Gasteiger partial charge in [-0.2, -0.15) is 0 Å². The molecule has 1 N–H and O–H groups in total. The summed E-state index contributed by atoms with van der Waals surface area (Å²) in [5, 5.41) is 7.57. The minimum absolute atomic E-state index is 0.0115. The number of benzene rings is 1. The van der Waals surface area contributed by atoms with Crippen LogP contribution in [0.3, 0.4) is 0 Å². The molecule has 112 valence electrons. The van der Waals surface area contributed by atoms with Crippen molar-refractivity contribution in [1.29, 1.82) is 0 Å². The van der Waals surface area contributed by atoms with Crippen LogP contribution in [-0.4, -0.2) is 11.1 Å². The summed E-state index contributed by atoms with van der Waals surface area (Å²) in [6, 6.07) is 7.44. The van der Waals surface area contributed by atoms with Gasteiger partial charge in [-0.1, -0.05) is 28.9 Å². The summed E-state index contributed by atoms with van der Waals surface area (Å²) in [7, 11) is 0. The zero-order valence-corrected chi connectivity index (χ0v) is 13.2. The first-order valence-corrected chi connectivity index (χ1v) is 7.31. The number of nitrogens with one attached hydrogen (secondary N) is 1. The second-order valence-corrected chi connectivity index (χ2v) is 5.58. The van der Waals surface area contributed by atoms with E-state index in [1.165, 1.54) is 0 Å². The molecule has 21 heavy (non-hydrogen) atoms. The van der Waals surface area contributed by atoms with E-state index in [1.807, 2.05) is 45.0 Å². The molecule has 0 fully saturated rings. The minimum Gasteiger partial charge on any atom is -0.361 e. The zero-order valence-electron chi connectivity index (χ0n) is 12.4. The van der Waals surface area contributed by atoms with Crippen molar-refractivity contribution in [3.8, 4) is 0 Å². The number of aromatic nitrogens is 1. The van der Waals surface area contributed by atoms with E-state index >= 15 is 0 Å². The standard InChI is InChI=1S/C16H19ClN2O2/c1-10(13-4-6-14(17)7-5-13)18-16(20)9-8-15-11(2)19-21-12(15)3/h4-7,10H,8-9H2,1-3H3,(H,18,20). The Morgan fingerprint density at radius 1 is 1.33 bits per heavy atom. The van der Waals surface area contributed by atoms with Gasteiger partial charge in [0.2, 0.25) is 5.91 Å². The summed E-state index contributed by atoms with van der Waals surface area (Å²) in [5.74, 6) is 0.795. The molecular weight excluding hydrogens is 288 g/mol. The maximum Gasteiger partial charge on any atom is 0.220 e. The average molecular weight is 307 g/mol. The Morgan fingerprint density at radius 3 is 2.57 bits per heavy atom. The Bertz CT molecular complexity index is 600. The Labute approximate surface area is 129 Å². The van der Waals surface area contributed by atoms with Gasteiger partial charge in [0.05, 0.1) is 11.7 Å². The fourth-order valence-electron chi connectivity index (χ4n) is 2.25. The fraction of sp³-hybridized carbons (Fsp3) is 0.375. The van der Waals surface area contributed by atoms with Crippen molar-refractivity contribution >= 4 is 17.5 Å². The van der Waals surface area contributed by atoms with Crippen LogP contribution >= 0.6 is 11.6 Å². The highest BCUT2D eigenvalue weighted by atomic mass is 35.5. The first-order valence-electron chi connectivity index (χ1n) is 6.94. The summed E-state index contributed by atoms with van der Waals surface area (Å²) in [5.41, 5.74) is 2.90. The van der Waals surface area contributed by atoms with Crippen LogP contribution in [0.25, 0.3) is 0 Å². The van der Waals surface area contributed by atoms with Gasteiger partial charge in [0, 0.05) is 17.0 Å². The molecule has 0 aliphatic heterocycles. The van der Waals surface area contributed by atoms with Gasteiger partial charge in [-0.25, -0.2) is 0 Å². The predicted octanol–water partition coefficient (Wildman–Crippen LogP) is 3.75. The maximum absolute atomic E-state index is 12.0. The number of halogens is 1. The molecular formula is C16H19ClN2O2. The number of hydrogen-bond acceptors (Lipinski definition) is 3. The van der Waals surface area contributed by atoms with E-state index in [-0.39, 0.29) is 11.9 Å². The van der Waals surface area contributed by atoms with E-state index in [2.05, 4.69) is 10.5 Å². The van der Waals surface area contributed by atoms with Crippen molar-refractivity contribution < 1.29 is 9.32 Å². The lowest BCUT2D eigenvalue weighted by Crippen LogP contribution is -2.26. The van der Waals surface area contributed by atoms with E-state index in [4.69, 9.17) is 16.1 Å². The summed E-state index contributed by atoms with van der Waals surface area (Å²) in [6.07, 6.45) is 1.06. The smallest absolute Gasteiger partial charge is 0.220 e. The minimum atomic E-state index is -0.0422. The van der Waals surface area contributed by atoms with Crippen LogP contribution in [-0.2, 0) is 11.2 Å². The molecule has 5 heteroatoms. The summed E-state index contributed by atoms with van der Waals surface area (Å²) < 4.78 is 5.09. The van der Waals surface area contributed by atoms with Gasteiger partial charge in [0.25, 0.3) is 0 Å². The van der Waals surface area contributed by atoms with Gasteiger partial charge in [-0.05, 0) is 44.9 Å². The highest BCUT2D eigenvalue weighted by Gasteiger charge is 2.13. The van der Waals surface area contributed by atoms with Crippen LogP contribution < -0.4 is 5.32 Å². The van der Waals surface area contributed by atoms with Crippen molar-refractivity contribution in [2.24, 2.45) is 0 Å². The van der Waals surface area contributed by atoms with Crippen molar-refractivity contribution in [2.75, 3.05) is 0 Å². The van der Waals surface area contributed by atoms with Gasteiger partial charge in [-0.15, -0.1) is 0 Å². The fourth-order valence-corrected chi connectivity index (χ4v) is 2.37. The highest BCUT2D eigenvalue weighted by Crippen LogP contribution is 2.17. The normalized spacial score (nSPS) is 12.2. The lowest BCUT2D eigenvalue weighted by molar-refractivity contribution is -0.121. The Morgan fingerprint density at radius 2 is 2.00 bits per heavy atom. The van der Waals surface area contributed by atoms with Crippen molar-refractivity contribution in [3.05, 3.63) is 51.9 Å². The van der Waals surface area contributed by atoms with Crippen LogP contribution in [0.5, 0.6) is 0 Å². The largest absolute Gasteiger partial charge is 0.361 e. The lowest BCUT2D eigenvalue weighted by atomic mass is 10.1. The molecule has 2 rings (SSSR count). The molecule has 1 atom stereocenters. The van der Waals surface area contributed by atoms with Crippen LogP contribution in [0.1, 0.15) is 42.0 Å². The van der Waals surface area contributed by atoms with Gasteiger partial charge >= 0.3 is 0 Å². The molecule has 4 nitrogen and oxygen atoms in total. The summed E-state index contributed by atoms with van der Waals surface area (Å²) in [4.78, 5) is 12.0. The number of carbonyl (C=O) groups is 1. The number of carbonyl (C=O) groups excluding carboxylic acids is 1. The molecule has 0 spiro atoms. The molecule has 0 saturated carbocycles. The van der Waals surface area contributed by atoms with Gasteiger partial charge in [0.15, 0.2) is 0 Å². The summed E-state index contributed by atoms with van der Waals surface area (Å²) >= 11 is 5.86. The van der Waals surface area contributed by atoms with Crippen LogP contribution in [0.2, 0.25) is 5.02 Å². The molecule has 1 amide bonds. The average Bonchev–Trinajstić information content (AvgIpc) is 2.76. The number of nitrogens with zero attached hydrogens (tertiary/aromatic N) is 1. The van der Waals surface area contributed by atoms with Gasteiger partial charge < -0.3 is 9.84 Å². The van der Waals surface area contributed by atoms with E-state index < -0.39 is 0 Å². The number of amides is 1. The SMILES string of the molecule is Cc1noc(C)c1CCC(=O)NC(C)c1ccc(Cl)cc1. The number of rotatable bonds is 5. The maximum atomic E-state index is 12.0. The third-order valence-electron chi connectivity index (χ3n) is 3.53. The van der Waals surface area contributed by atoms with Gasteiger partial charge in [-0.3, -0.25) is 4.79 Å². The highest BCUT2D eigenvalue weighted by molar-refractivity contribution is 6.30. The molecule has 2 aromatic rings.